The van der Waals surface area contributed by atoms with Gasteiger partial charge in [-0.3, -0.25) is 4.79 Å². The average Bonchev–Trinajstić information content (AvgIpc) is 3.03. The van der Waals surface area contributed by atoms with Gasteiger partial charge in [-0.2, -0.15) is 0 Å². The van der Waals surface area contributed by atoms with Gasteiger partial charge in [-0.25, -0.2) is 4.68 Å². The van der Waals surface area contributed by atoms with Gasteiger partial charge in [-0.15, -0.1) is 5.10 Å². The molecule has 1 amide bonds. The zero-order valence-electron chi connectivity index (χ0n) is 15.0. The highest BCUT2D eigenvalue weighted by Gasteiger charge is 2.16. The van der Waals surface area contributed by atoms with E-state index in [0.29, 0.717) is 12.1 Å². The van der Waals surface area contributed by atoms with Crippen molar-refractivity contribution < 1.29 is 9.53 Å². The minimum absolute atomic E-state index is 0.0588. The molecule has 0 spiro atoms. The number of aryl methyl sites for hydroxylation is 2. The molecule has 25 heavy (non-hydrogen) atoms. The van der Waals surface area contributed by atoms with Crippen molar-refractivity contribution in [2.24, 2.45) is 0 Å². The number of hydrogen-bond acceptors (Lipinski definition) is 4. The third-order valence-electron chi connectivity index (χ3n) is 4.25. The first kappa shape index (κ1) is 17.0. The van der Waals surface area contributed by atoms with E-state index < -0.39 is 0 Å². The van der Waals surface area contributed by atoms with Crippen LogP contribution in [0.15, 0.2) is 36.4 Å². The topological polar surface area (TPSA) is 60.2 Å². The number of aromatic nitrogens is 3. The van der Waals surface area contributed by atoms with Crippen LogP contribution in [0.25, 0.3) is 11.0 Å². The number of carbonyl (C=O) groups excluding carboxylic acids is 1. The Balaban J connectivity index is 1.84. The summed E-state index contributed by atoms with van der Waals surface area (Å²) in [6.07, 6.45) is 0. The second-order valence-electron chi connectivity index (χ2n) is 6.09. The molecule has 0 bridgehead atoms. The van der Waals surface area contributed by atoms with Crippen molar-refractivity contribution in [1.29, 1.82) is 0 Å². The number of fused-ring (bicyclic) bond motifs is 1. The molecule has 1 aromatic heterocycles. The minimum Gasteiger partial charge on any atom is -0.496 e. The van der Waals surface area contributed by atoms with Gasteiger partial charge in [0.25, 0.3) is 5.91 Å². The highest BCUT2D eigenvalue weighted by Crippen LogP contribution is 2.22. The van der Waals surface area contributed by atoms with Crippen molar-refractivity contribution in [3.05, 3.63) is 53.1 Å². The van der Waals surface area contributed by atoms with Crippen LogP contribution in [0.5, 0.6) is 5.75 Å². The first-order valence-electron chi connectivity index (χ1n) is 8.25. The van der Waals surface area contributed by atoms with Gasteiger partial charge in [-0.05, 0) is 38.1 Å². The van der Waals surface area contributed by atoms with Crippen molar-refractivity contribution >= 4 is 16.9 Å². The predicted molar refractivity (Wildman–Crippen MR) is 96.7 cm³/mol. The Morgan fingerprint density at radius 3 is 2.76 bits per heavy atom. The van der Waals surface area contributed by atoms with Crippen LogP contribution in [0.3, 0.4) is 0 Å². The van der Waals surface area contributed by atoms with Crippen LogP contribution in [0.4, 0.5) is 0 Å². The quantitative estimate of drug-likeness (QED) is 0.717. The van der Waals surface area contributed by atoms with E-state index in [1.807, 2.05) is 48.9 Å². The summed E-state index contributed by atoms with van der Waals surface area (Å²) in [6, 6.07) is 11.5. The number of ether oxygens (including phenoxy) is 1. The van der Waals surface area contributed by atoms with Crippen LogP contribution in [0, 0.1) is 6.92 Å². The third-order valence-corrected chi connectivity index (χ3v) is 4.25. The fraction of sp³-hybridized carbons (Fsp3) is 0.316. The SMILES string of the molecule is CCn1nnc2cc(C(=O)N(C)Cc3cc(C)ccc3OC)ccc21. The van der Waals surface area contributed by atoms with Gasteiger partial charge >= 0.3 is 0 Å². The molecule has 3 aromatic rings. The van der Waals surface area contributed by atoms with Crippen molar-refractivity contribution in [2.45, 2.75) is 26.9 Å². The summed E-state index contributed by atoms with van der Waals surface area (Å²) in [6.45, 7) is 5.26. The van der Waals surface area contributed by atoms with Gasteiger partial charge in [0, 0.05) is 31.3 Å². The molecule has 0 radical (unpaired) electrons. The number of methoxy groups -OCH3 is 1. The van der Waals surface area contributed by atoms with E-state index in [0.717, 1.165) is 34.5 Å². The highest BCUT2D eigenvalue weighted by molar-refractivity contribution is 5.97. The lowest BCUT2D eigenvalue weighted by Crippen LogP contribution is -2.26. The van der Waals surface area contributed by atoms with Crippen molar-refractivity contribution in [2.75, 3.05) is 14.2 Å². The van der Waals surface area contributed by atoms with Crippen molar-refractivity contribution in [3.8, 4) is 5.75 Å². The van der Waals surface area contributed by atoms with Gasteiger partial charge in [0.1, 0.15) is 11.3 Å². The second-order valence-corrected chi connectivity index (χ2v) is 6.09. The molecule has 0 unspecified atom stereocenters. The van der Waals surface area contributed by atoms with E-state index in [1.165, 1.54) is 0 Å². The van der Waals surface area contributed by atoms with Gasteiger partial charge < -0.3 is 9.64 Å². The minimum atomic E-state index is -0.0588. The molecule has 130 valence electrons. The molecule has 0 atom stereocenters. The molecule has 0 saturated carbocycles. The monoisotopic (exact) mass is 338 g/mol. The Kier molecular flexibility index (Phi) is 4.70. The summed E-state index contributed by atoms with van der Waals surface area (Å²) in [7, 11) is 3.43. The van der Waals surface area contributed by atoms with E-state index in [4.69, 9.17) is 4.74 Å². The van der Waals surface area contributed by atoms with E-state index >= 15 is 0 Å². The van der Waals surface area contributed by atoms with Crippen LogP contribution in [0.1, 0.15) is 28.4 Å². The summed E-state index contributed by atoms with van der Waals surface area (Å²) in [5.74, 6) is 0.725. The molecule has 0 aliphatic carbocycles. The molecule has 6 nitrogen and oxygen atoms in total. The van der Waals surface area contributed by atoms with Crippen LogP contribution in [-0.4, -0.2) is 40.0 Å². The summed E-state index contributed by atoms with van der Waals surface area (Å²) in [5.41, 5.74) is 4.38. The summed E-state index contributed by atoms with van der Waals surface area (Å²) < 4.78 is 7.21. The number of hydrogen-bond donors (Lipinski definition) is 0. The fourth-order valence-electron chi connectivity index (χ4n) is 2.92. The molecule has 0 fully saturated rings. The molecular formula is C19H22N4O2. The number of rotatable bonds is 5. The molecular weight excluding hydrogens is 316 g/mol. The Hall–Kier alpha value is -2.89. The maximum Gasteiger partial charge on any atom is 0.253 e. The fourth-order valence-corrected chi connectivity index (χ4v) is 2.92. The zero-order valence-corrected chi connectivity index (χ0v) is 15.0. The molecule has 0 aliphatic heterocycles. The summed E-state index contributed by atoms with van der Waals surface area (Å²) in [5, 5.41) is 8.22. The van der Waals surface area contributed by atoms with Gasteiger partial charge in [-0.1, -0.05) is 22.9 Å². The first-order chi connectivity index (χ1) is 12.0. The lowest BCUT2D eigenvalue weighted by Gasteiger charge is -2.19. The highest BCUT2D eigenvalue weighted by atomic mass is 16.5. The first-order valence-corrected chi connectivity index (χ1v) is 8.25. The average molecular weight is 338 g/mol. The van der Waals surface area contributed by atoms with E-state index in [9.17, 15) is 4.79 Å². The van der Waals surface area contributed by atoms with Crippen molar-refractivity contribution in [1.82, 2.24) is 19.9 Å². The molecule has 1 heterocycles. The lowest BCUT2D eigenvalue weighted by molar-refractivity contribution is 0.0784. The van der Waals surface area contributed by atoms with Crippen molar-refractivity contribution in [3.63, 3.8) is 0 Å². The van der Waals surface area contributed by atoms with Crippen LogP contribution < -0.4 is 4.74 Å². The third kappa shape index (κ3) is 3.33. The van der Waals surface area contributed by atoms with Gasteiger partial charge in [0.05, 0.1) is 12.6 Å². The molecule has 0 saturated heterocycles. The maximum atomic E-state index is 12.8. The Bertz CT molecular complexity index is 917. The lowest BCUT2D eigenvalue weighted by atomic mass is 10.1. The Morgan fingerprint density at radius 1 is 1.24 bits per heavy atom. The second kappa shape index (κ2) is 6.93. The van der Waals surface area contributed by atoms with Crippen LogP contribution in [0.2, 0.25) is 0 Å². The number of amides is 1. The van der Waals surface area contributed by atoms with Gasteiger partial charge in [0.15, 0.2) is 0 Å². The summed E-state index contributed by atoms with van der Waals surface area (Å²) >= 11 is 0. The summed E-state index contributed by atoms with van der Waals surface area (Å²) in [4.78, 5) is 14.5. The Labute approximate surface area is 147 Å². The molecule has 0 aliphatic rings. The molecule has 6 heteroatoms. The predicted octanol–water partition coefficient (Wildman–Crippen LogP) is 3.04. The van der Waals surface area contributed by atoms with Crippen LogP contribution in [-0.2, 0) is 13.1 Å². The smallest absolute Gasteiger partial charge is 0.253 e. The number of benzene rings is 2. The van der Waals surface area contributed by atoms with E-state index in [-0.39, 0.29) is 5.91 Å². The van der Waals surface area contributed by atoms with E-state index in [1.54, 1.807) is 25.1 Å². The van der Waals surface area contributed by atoms with Gasteiger partial charge in [0.2, 0.25) is 0 Å². The standard InChI is InChI=1S/C19H22N4O2/c1-5-23-17-8-7-14(11-16(17)20-21-23)19(24)22(3)12-15-10-13(2)6-9-18(15)25-4/h6-11H,5,12H2,1-4H3. The molecule has 3 rings (SSSR count). The normalized spacial score (nSPS) is 10.9. The van der Waals surface area contributed by atoms with E-state index in [2.05, 4.69) is 10.3 Å². The largest absolute Gasteiger partial charge is 0.496 e. The molecule has 2 aromatic carbocycles. The molecule has 0 N–H and O–H groups in total. The Morgan fingerprint density at radius 2 is 2.04 bits per heavy atom. The van der Waals surface area contributed by atoms with Crippen LogP contribution >= 0.6 is 0 Å². The zero-order chi connectivity index (χ0) is 18.0. The maximum absolute atomic E-state index is 12.8. The number of nitrogens with zero attached hydrogens (tertiary/aromatic N) is 4. The number of carbonyl (C=O) groups is 1.